The molecule has 0 aliphatic carbocycles. The van der Waals surface area contributed by atoms with Gasteiger partial charge in [-0.3, -0.25) is 0 Å². The molecule has 0 aliphatic rings. The van der Waals surface area contributed by atoms with Gasteiger partial charge >= 0.3 is 6.03 Å². The molecule has 2 heterocycles. The maximum Gasteiger partial charge on any atom is 0.319 e. The van der Waals surface area contributed by atoms with Crippen LogP contribution in [0.5, 0.6) is 0 Å². The maximum atomic E-state index is 13.5. The average molecular weight is 395 g/mol. The Kier molecular flexibility index (Phi) is 6.51. The van der Waals surface area contributed by atoms with Crippen molar-refractivity contribution in [1.82, 2.24) is 20.5 Å². The second-order valence-electron chi connectivity index (χ2n) is 6.37. The summed E-state index contributed by atoms with van der Waals surface area (Å²) in [5.74, 6) is 1.50. The third-order valence-corrected chi connectivity index (χ3v) is 4.07. The Balaban J connectivity index is 1.41. The molecule has 0 saturated carbocycles. The van der Waals surface area contributed by atoms with Crippen LogP contribution in [-0.4, -0.2) is 34.3 Å². The number of benzene rings is 1. The third kappa shape index (κ3) is 5.86. The van der Waals surface area contributed by atoms with Gasteiger partial charge in [0.25, 0.3) is 0 Å². The molecule has 0 spiro atoms. The summed E-state index contributed by atoms with van der Waals surface area (Å²) in [5.41, 5.74) is 1.93. The molecule has 1 aromatic carbocycles. The van der Waals surface area contributed by atoms with Crippen LogP contribution < -0.4 is 21.3 Å². The number of carbonyl (C=O) groups excluding carboxylic acids is 1. The molecule has 150 valence electrons. The zero-order valence-electron chi connectivity index (χ0n) is 16.2. The van der Waals surface area contributed by atoms with Gasteiger partial charge in [0.1, 0.15) is 17.5 Å². The van der Waals surface area contributed by atoms with Crippen LogP contribution in [0.15, 0.2) is 48.7 Å². The van der Waals surface area contributed by atoms with E-state index in [1.807, 2.05) is 19.1 Å². The number of aromatic nitrogens is 3. The van der Waals surface area contributed by atoms with E-state index in [2.05, 4.69) is 36.4 Å². The van der Waals surface area contributed by atoms with Crippen LogP contribution in [0.4, 0.5) is 32.3 Å². The molecule has 9 heteroatoms. The van der Waals surface area contributed by atoms with Crippen molar-refractivity contribution in [1.29, 1.82) is 0 Å². The fourth-order valence-corrected chi connectivity index (χ4v) is 2.50. The van der Waals surface area contributed by atoms with E-state index < -0.39 is 6.03 Å². The SMILES string of the molecule is Cc1ccnc(Nc2ccc(NCCNC(=O)Nc3cccc(F)c3C)nn2)c1. The normalized spacial score (nSPS) is 10.3. The van der Waals surface area contributed by atoms with Crippen molar-refractivity contribution < 1.29 is 9.18 Å². The highest BCUT2D eigenvalue weighted by Crippen LogP contribution is 2.17. The van der Waals surface area contributed by atoms with E-state index in [1.54, 1.807) is 37.4 Å². The summed E-state index contributed by atoms with van der Waals surface area (Å²) in [7, 11) is 0. The number of halogens is 1. The van der Waals surface area contributed by atoms with Gasteiger partial charge in [-0.25, -0.2) is 14.2 Å². The van der Waals surface area contributed by atoms with E-state index >= 15 is 0 Å². The van der Waals surface area contributed by atoms with E-state index in [9.17, 15) is 9.18 Å². The third-order valence-electron chi connectivity index (χ3n) is 4.07. The highest BCUT2D eigenvalue weighted by atomic mass is 19.1. The smallest absolute Gasteiger partial charge is 0.319 e. The molecule has 2 aromatic heterocycles. The molecule has 3 rings (SSSR count). The first-order chi connectivity index (χ1) is 14.0. The lowest BCUT2D eigenvalue weighted by molar-refractivity contribution is 0.252. The van der Waals surface area contributed by atoms with Gasteiger partial charge < -0.3 is 21.3 Å². The van der Waals surface area contributed by atoms with Crippen molar-refractivity contribution in [3.8, 4) is 0 Å². The highest BCUT2D eigenvalue weighted by molar-refractivity contribution is 5.90. The molecule has 0 aliphatic heterocycles. The number of hydrogen-bond donors (Lipinski definition) is 4. The topological polar surface area (TPSA) is 104 Å². The maximum absolute atomic E-state index is 13.5. The van der Waals surface area contributed by atoms with Crippen LogP contribution in [0.3, 0.4) is 0 Å². The minimum absolute atomic E-state index is 0.356. The Labute approximate surface area is 168 Å². The van der Waals surface area contributed by atoms with Crippen LogP contribution in [0.25, 0.3) is 0 Å². The Morgan fingerprint density at radius 1 is 1.00 bits per heavy atom. The minimum atomic E-state index is -0.406. The molecule has 8 nitrogen and oxygen atoms in total. The molecule has 2 amide bonds. The summed E-state index contributed by atoms with van der Waals surface area (Å²) in [4.78, 5) is 16.1. The van der Waals surface area contributed by atoms with Crippen molar-refractivity contribution in [3.63, 3.8) is 0 Å². The Hall–Kier alpha value is -3.75. The number of rotatable bonds is 7. The number of pyridine rings is 1. The molecule has 0 saturated heterocycles. The van der Waals surface area contributed by atoms with Gasteiger partial charge in [0.05, 0.1) is 0 Å². The van der Waals surface area contributed by atoms with Crippen molar-refractivity contribution in [2.75, 3.05) is 29.0 Å². The van der Waals surface area contributed by atoms with E-state index in [0.29, 0.717) is 41.8 Å². The number of nitrogens with one attached hydrogen (secondary N) is 4. The summed E-state index contributed by atoms with van der Waals surface area (Å²) in [6, 6.07) is 11.5. The highest BCUT2D eigenvalue weighted by Gasteiger charge is 2.07. The lowest BCUT2D eigenvalue weighted by atomic mass is 10.2. The summed E-state index contributed by atoms with van der Waals surface area (Å²) >= 11 is 0. The van der Waals surface area contributed by atoms with Crippen LogP contribution in [-0.2, 0) is 0 Å². The van der Waals surface area contributed by atoms with E-state index in [1.165, 1.54) is 6.07 Å². The molecule has 0 fully saturated rings. The first kappa shape index (κ1) is 20.0. The first-order valence-corrected chi connectivity index (χ1v) is 9.08. The van der Waals surface area contributed by atoms with Crippen LogP contribution in [0.1, 0.15) is 11.1 Å². The van der Waals surface area contributed by atoms with E-state index in [4.69, 9.17) is 0 Å². The fraction of sp³-hybridized carbons (Fsp3) is 0.200. The van der Waals surface area contributed by atoms with Gasteiger partial charge in [-0.1, -0.05) is 6.07 Å². The van der Waals surface area contributed by atoms with Crippen LogP contribution in [0.2, 0.25) is 0 Å². The zero-order valence-corrected chi connectivity index (χ0v) is 16.2. The lowest BCUT2D eigenvalue weighted by Gasteiger charge is -2.11. The molecule has 29 heavy (non-hydrogen) atoms. The average Bonchev–Trinajstić information content (AvgIpc) is 2.70. The van der Waals surface area contributed by atoms with Gasteiger partial charge in [0.15, 0.2) is 5.82 Å². The lowest BCUT2D eigenvalue weighted by Crippen LogP contribution is -2.33. The molecule has 3 aromatic rings. The second kappa shape index (κ2) is 9.45. The molecule has 0 atom stereocenters. The molecule has 0 unspecified atom stereocenters. The number of amides is 2. The number of hydrogen-bond acceptors (Lipinski definition) is 6. The predicted molar refractivity (Wildman–Crippen MR) is 111 cm³/mol. The quantitative estimate of drug-likeness (QED) is 0.456. The van der Waals surface area contributed by atoms with Gasteiger partial charge in [0, 0.05) is 30.5 Å². The van der Waals surface area contributed by atoms with E-state index in [-0.39, 0.29) is 5.82 Å². The van der Waals surface area contributed by atoms with Gasteiger partial charge in [-0.2, -0.15) is 0 Å². The standard InChI is InChI=1S/C20H22FN7O/c1-13-8-9-22-19(12-13)26-18-7-6-17(27-28-18)23-10-11-24-20(29)25-16-5-3-4-15(21)14(16)2/h3-9,12H,10-11H2,1-2H3,(H,23,27)(H,22,26,28)(H2,24,25,29). The summed E-state index contributed by atoms with van der Waals surface area (Å²) in [5, 5.41) is 19.6. The molecule has 0 bridgehead atoms. The van der Waals surface area contributed by atoms with Gasteiger partial charge in [0.2, 0.25) is 0 Å². The van der Waals surface area contributed by atoms with Crippen molar-refractivity contribution in [3.05, 3.63) is 65.6 Å². The second-order valence-corrected chi connectivity index (χ2v) is 6.37. The number of anilines is 4. The monoisotopic (exact) mass is 395 g/mol. The fourth-order valence-electron chi connectivity index (χ4n) is 2.50. The first-order valence-electron chi connectivity index (χ1n) is 9.08. The molecular formula is C20H22FN7O. The molecule has 4 N–H and O–H groups in total. The van der Waals surface area contributed by atoms with E-state index in [0.717, 1.165) is 5.56 Å². The molecular weight excluding hydrogens is 373 g/mol. The zero-order chi connectivity index (χ0) is 20.6. The number of carbonyl (C=O) groups is 1. The van der Waals surface area contributed by atoms with Crippen molar-refractivity contribution in [2.24, 2.45) is 0 Å². The Morgan fingerprint density at radius 3 is 2.55 bits per heavy atom. The largest absolute Gasteiger partial charge is 0.367 e. The molecule has 0 radical (unpaired) electrons. The summed E-state index contributed by atoms with van der Waals surface area (Å²) < 4.78 is 13.5. The Morgan fingerprint density at radius 2 is 1.79 bits per heavy atom. The summed E-state index contributed by atoms with van der Waals surface area (Å²) in [6.07, 6.45) is 1.72. The van der Waals surface area contributed by atoms with Crippen molar-refractivity contribution in [2.45, 2.75) is 13.8 Å². The predicted octanol–water partition coefficient (Wildman–Crippen LogP) is 3.60. The Bertz CT molecular complexity index is 979. The number of nitrogens with zero attached hydrogens (tertiary/aromatic N) is 3. The summed E-state index contributed by atoms with van der Waals surface area (Å²) in [6.45, 7) is 4.41. The van der Waals surface area contributed by atoms with Crippen LogP contribution >= 0.6 is 0 Å². The number of urea groups is 1. The minimum Gasteiger partial charge on any atom is -0.367 e. The van der Waals surface area contributed by atoms with Gasteiger partial charge in [-0.05, 0) is 55.8 Å². The number of aryl methyl sites for hydroxylation is 1. The van der Waals surface area contributed by atoms with Crippen molar-refractivity contribution >= 4 is 29.2 Å². The van der Waals surface area contributed by atoms with Gasteiger partial charge in [-0.15, -0.1) is 10.2 Å². The van der Waals surface area contributed by atoms with Crippen LogP contribution in [0, 0.1) is 19.7 Å².